The van der Waals surface area contributed by atoms with Crippen LogP contribution in [-0.2, 0) is 10.4 Å². The summed E-state index contributed by atoms with van der Waals surface area (Å²) in [4.78, 5) is 15.1. The van der Waals surface area contributed by atoms with Crippen molar-refractivity contribution < 1.29 is 18.7 Å². The molecule has 1 heterocycles. The van der Waals surface area contributed by atoms with Crippen molar-refractivity contribution in [1.29, 1.82) is 0 Å². The molecule has 3 N–H and O–H groups in total. The Morgan fingerprint density at radius 1 is 1.19 bits per heavy atom. The molecule has 3 fully saturated rings. The molecule has 2 saturated carbocycles. The van der Waals surface area contributed by atoms with Crippen molar-refractivity contribution in [2.45, 2.75) is 50.0 Å². The molecule has 1 saturated heterocycles. The summed E-state index contributed by atoms with van der Waals surface area (Å²) in [6.07, 6.45) is 2.30. The number of halogens is 2. The summed E-state index contributed by atoms with van der Waals surface area (Å²) in [6.45, 7) is 1.81. The lowest BCUT2D eigenvalue weighted by Gasteiger charge is -2.41. The predicted molar refractivity (Wildman–Crippen MR) is 98.0 cm³/mol. The number of nitrogens with two attached hydrogens (primary N) is 1. The standard InChI is InChI=1S/C21H28F2N2O2/c22-20(23)7-6-16(13-20)21(27,15-4-2-1-3-5-15)18(26)25-10-8-19(9-11-25)12-17(19)14-24/h1-5,16-17,27H,6-14,24H2/t16-,17?,21+/m1/s1. The molecule has 4 rings (SSSR count). The molecule has 1 aromatic carbocycles. The van der Waals surface area contributed by atoms with Crippen LogP contribution in [0.25, 0.3) is 0 Å². The molecule has 1 aromatic rings. The number of carbonyl (C=O) groups is 1. The first-order valence-corrected chi connectivity index (χ1v) is 9.96. The first-order chi connectivity index (χ1) is 12.8. The van der Waals surface area contributed by atoms with Gasteiger partial charge in [0.1, 0.15) is 0 Å². The SMILES string of the molecule is NCC1CC12CCN(C(=O)[C@](O)(c1ccccc1)[C@@H]1CCC(F)(F)C1)CC2. The molecule has 4 nitrogen and oxygen atoms in total. The monoisotopic (exact) mass is 378 g/mol. The lowest BCUT2D eigenvalue weighted by Crippen LogP contribution is -2.53. The summed E-state index contributed by atoms with van der Waals surface area (Å²) in [5.74, 6) is -3.47. The Bertz CT molecular complexity index is 703. The van der Waals surface area contributed by atoms with E-state index in [9.17, 15) is 18.7 Å². The van der Waals surface area contributed by atoms with Crippen LogP contribution in [0.15, 0.2) is 30.3 Å². The second-order valence-corrected chi connectivity index (χ2v) is 8.72. The Morgan fingerprint density at radius 2 is 1.85 bits per heavy atom. The summed E-state index contributed by atoms with van der Waals surface area (Å²) < 4.78 is 27.8. The Balaban J connectivity index is 1.57. The summed E-state index contributed by atoms with van der Waals surface area (Å²) in [5, 5.41) is 11.5. The molecule has 2 aliphatic carbocycles. The predicted octanol–water partition coefficient (Wildman–Crippen LogP) is 2.90. The number of amides is 1. The normalized spacial score (nSPS) is 30.9. The summed E-state index contributed by atoms with van der Waals surface area (Å²) in [6, 6.07) is 8.61. The molecular weight excluding hydrogens is 350 g/mol. The maximum Gasteiger partial charge on any atom is 0.259 e. The van der Waals surface area contributed by atoms with Gasteiger partial charge in [-0.3, -0.25) is 4.79 Å². The Labute approximate surface area is 158 Å². The van der Waals surface area contributed by atoms with Gasteiger partial charge in [0.05, 0.1) is 0 Å². The minimum Gasteiger partial charge on any atom is -0.375 e. The maximum absolute atomic E-state index is 13.9. The van der Waals surface area contributed by atoms with E-state index in [0.29, 0.717) is 31.1 Å². The van der Waals surface area contributed by atoms with Crippen molar-refractivity contribution in [3.8, 4) is 0 Å². The van der Waals surface area contributed by atoms with Crippen LogP contribution >= 0.6 is 0 Å². The molecule has 1 amide bonds. The van der Waals surface area contributed by atoms with E-state index in [4.69, 9.17) is 5.73 Å². The number of piperidine rings is 1. The maximum atomic E-state index is 13.9. The number of rotatable bonds is 4. The lowest BCUT2D eigenvalue weighted by molar-refractivity contribution is -0.162. The fourth-order valence-electron chi connectivity index (χ4n) is 5.31. The molecule has 1 aliphatic heterocycles. The molecule has 0 bridgehead atoms. The zero-order chi connectivity index (χ0) is 19.3. The van der Waals surface area contributed by atoms with Crippen LogP contribution in [0.4, 0.5) is 8.78 Å². The van der Waals surface area contributed by atoms with Crippen LogP contribution in [0, 0.1) is 17.3 Å². The van der Waals surface area contributed by atoms with Gasteiger partial charge in [0.15, 0.2) is 5.60 Å². The van der Waals surface area contributed by atoms with Crippen molar-refractivity contribution in [3.05, 3.63) is 35.9 Å². The number of hydrogen-bond acceptors (Lipinski definition) is 3. The highest BCUT2D eigenvalue weighted by Crippen LogP contribution is 2.59. The van der Waals surface area contributed by atoms with Gasteiger partial charge in [0, 0.05) is 31.8 Å². The minimum absolute atomic E-state index is 0.150. The first kappa shape index (κ1) is 18.8. The summed E-state index contributed by atoms with van der Waals surface area (Å²) in [5.41, 5.74) is 4.59. The average Bonchev–Trinajstić information content (AvgIpc) is 3.23. The first-order valence-electron chi connectivity index (χ1n) is 9.96. The highest BCUT2D eigenvalue weighted by atomic mass is 19.3. The van der Waals surface area contributed by atoms with Crippen LogP contribution in [0.5, 0.6) is 0 Å². The van der Waals surface area contributed by atoms with Crippen LogP contribution in [0.1, 0.15) is 44.1 Å². The van der Waals surface area contributed by atoms with E-state index in [2.05, 4.69) is 0 Å². The second-order valence-electron chi connectivity index (χ2n) is 8.72. The van der Waals surface area contributed by atoms with Gasteiger partial charge in [-0.15, -0.1) is 0 Å². The third-order valence-electron chi connectivity index (χ3n) is 7.22. The van der Waals surface area contributed by atoms with E-state index in [1.54, 1.807) is 35.2 Å². The van der Waals surface area contributed by atoms with Crippen LogP contribution < -0.4 is 5.73 Å². The van der Waals surface area contributed by atoms with Gasteiger partial charge in [-0.1, -0.05) is 30.3 Å². The van der Waals surface area contributed by atoms with E-state index < -0.39 is 29.8 Å². The highest BCUT2D eigenvalue weighted by molar-refractivity contribution is 5.87. The minimum atomic E-state index is -2.82. The lowest BCUT2D eigenvalue weighted by atomic mass is 9.78. The fourth-order valence-corrected chi connectivity index (χ4v) is 5.31. The Morgan fingerprint density at radius 3 is 2.37 bits per heavy atom. The number of likely N-dealkylation sites (tertiary alicyclic amines) is 1. The molecule has 6 heteroatoms. The number of nitrogens with zero attached hydrogens (tertiary/aromatic N) is 1. The van der Waals surface area contributed by atoms with Crippen molar-refractivity contribution in [2.24, 2.45) is 23.0 Å². The largest absolute Gasteiger partial charge is 0.375 e. The molecule has 1 spiro atoms. The molecule has 3 aliphatic rings. The average molecular weight is 378 g/mol. The van der Waals surface area contributed by atoms with E-state index in [-0.39, 0.29) is 18.3 Å². The van der Waals surface area contributed by atoms with Crippen LogP contribution in [0.3, 0.4) is 0 Å². The molecule has 0 radical (unpaired) electrons. The number of carbonyl (C=O) groups excluding carboxylic acids is 1. The van der Waals surface area contributed by atoms with Crippen molar-refractivity contribution >= 4 is 5.91 Å². The molecular formula is C21H28F2N2O2. The Kier molecular flexibility index (Phi) is 4.54. The van der Waals surface area contributed by atoms with Crippen molar-refractivity contribution in [3.63, 3.8) is 0 Å². The second kappa shape index (κ2) is 6.52. The topological polar surface area (TPSA) is 66.6 Å². The van der Waals surface area contributed by atoms with E-state index in [1.807, 2.05) is 0 Å². The van der Waals surface area contributed by atoms with Gasteiger partial charge in [-0.25, -0.2) is 8.78 Å². The number of hydrogen-bond donors (Lipinski definition) is 2. The third-order valence-corrected chi connectivity index (χ3v) is 7.22. The van der Waals surface area contributed by atoms with Gasteiger partial charge in [-0.2, -0.15) is 0 Å². The van der Waals surface area contributed by atoms with Gasteiger partial charge in [0.2, 0.25) is 5.92 Å². The quantitative estimate of drug-likeness (QED) is 0.847. The van der Waals surface area contributed by atoms with Crippen LogP contribution in [-0.4, -0.2) is 41.5 Å². The zero-order valence-corrected chi connectivity index (χ0v) is 15.5. The van der Waals surface area contributed by atoms with Gasteiger partial charge >= 0.3 is 0 Å². The molecule has 148 valence electrons. The highest BCUT2D eigenvalue weighted by Gasteiger charge is 2.57. The molecule has 1 unspecified atom stereocenters. The third kappa shape index (κ3) is 3.17. The molecule has 3 atom stereocenters. The molecule has 27 heavy (non-hydrogen) atoms. The van der Waals surface area contributed by atoms with Crippen molar-refractivity contribution in [1.82, 2.24) is 4.90 Å². The summed E-state index contributed by atoms with van der Waals surface area (Å²) >= 11 is 0. The fraction of sp³-hybridized carbons (Fsp3) is 0.667. The molecule has 0 aromatic heterocycles. The van der Waals surface area contributed by atoms with E-state index in [0.717, 1.165) is 19.3 Å². The van der Waals surface area contributed by atoms with Crippen molar-refractivity contribution in [2.75, 3.05) is 19.6 Å². The van der Waals surface area contributed by atoms with Gasteiger partial charge in [-0.05, 0) is 49.1 Å². The van der Waals surface area contributed by atoms with E-state index in [1.165, 1.54) is 0 Å². The zero-order valence-electron chi connectivity index (χ0n) is 15.5. The Hall–Kier alpha value is -1.53. The number of aliphatic hydroxyl groups is 1. The van der Waals surface area contributed by atoms with Gasteiger partial charge < -0.3 is 15.7 Å². The number of benzene rings is 1. The summed E-state index contributed by atoms with van der Waals surface area (Å²) in [7, 11) is 0. The smallest absolute Gasteiger partial charge is 0.259 e. The van der Waals surface area contributed by atoms with Gasteiger partial charge in [0.25, 0.3) is 5.91 Å². The van der Waals surface area contributed by atoms with E-state index >= 15 is 0 Å². The number of alkyl halides is 2. The van der Waals surface area contributed by atoms with Crippen LogP contribution in [0.2, 0.25) is 0 Å².